The molecule has 2 N–H and O–H groups in total. The minimum atomic E-state index is -0.958. The molecule has 0 bridgehead atoms. The molecule has 0 radical (unpaired) electrons. The molecule has 1 rings (SSSR count). The molecule has 4 nitrogen and oxygen atoms in total. The maximum atomic E-state index is 10.6. The van der Waals surface area contributed by atoms with Gasteiger partial charge in [-0.15, -0.1) is 0 Å². The van der Waals surface area contributed by atoms with Crippen LogP contribution < -0.4 is 0 Å². The Balaban J connectivity index is 3.11. The molecule has 1 aromatic carbocycles. The van der Waals surface area contributed by atoms with Gasteiger partial charge in [0.2, 0.25) is 0 Å². The van der Waals surface area contributed by atoms with Gasteiger partial charge >= 0.3 is 11.9 Å². The van der Waals surface area contributed by atoms with Crippen molar-refractivity contribution in [3.8, 4) is 0 Å². The Morgan fingerprint density at radius 3 is 2.12 bits per heavy atom. The van der Waals surface area contributed by atoms with Gasteiger partial charge in [-0.3, -0.25) is 9.59 Å². The van der Waals surface area contributed by atoms with Gasteiger partial charge < -0.3 is 10.2 Å². The van der Waals surface area contributed by atoms with Crippen LogP contribution in [-0.4, -0.2) is 22.2 Å². The molecule has 1 aromatic rings. The van der Waals surface area contributed by atoms with E-state index in [2.05, 4.69) is 31.9 Å². The summed E-state index contributed by atoms with van der Waals surface area (Å²) in [5, 5.41) is 17.4. The van der Waals surface area contributed by atoms with Crippen molar-refractivity contribution in [2.75, 3.05) is 0 Å². The second-order valence-corrected chi connectivity index (χ2v) is 4.84. The van der Waals surface area contributed by atoms with Gasteiger partial charge in [0.1, 0.15) is 0 Å². The monoisotopic (exact) mass is 350 g/mol. The molecule has 0 amide bonds. The molecule has 0 heterocycles. The molecule has 0 aromatic heterocycles. The third-order valence-corrected chi connectivity index (χ3v) is 3.95. The standard InChI is InChI=1S/C10H8Br2O4/c11-7-2-5(3-8(13)14)1-6(10(7)12)4-9(15)16/h1-2H,3-4H2,(H,13,14)(H,15,16). The molecular weight excluding hydrogens is 344 g/mol. The van der Waals surface area contributed by atoms with Crippen molar-refractivity contribution in [3.05, 3.63) is 32.2 Å². The summed E-state index contributed by atoms with van der Waals surface area (Å²) in [6.07, 6.45) is -0.273. The van der Waals surface area contributed by atoms with Crippen LogP contribution in [0.15, 0.2) is 21.1 Å². The molecule has 6 heteroatoms. The Bertz CT molecular complexity index is 443. The third kappa shape index (κ3) is 3.61. The van der Waals surface area contributed by atoms with E-state index in [1.54, 1.807) is 12.1 Å². The molecule has 86 valence electrons. The number of carboxylic acids is 2. The van der Waals surface area contributed by atoms with E-state index in [0.29, 0.717) is 20.1 Å². The lowest BCUT2D eigenvalue weighted by molar-refractivity contribution is -0.137. The van der Waals surface area contributed by atoms with Crippen LogP contribution in [0.3, 0.4) is 0 Å². The third-order valence-electron chi connectivity index (χ3n) is 1.86. The van der Waals surface area contributed by atoms with Gasteiger partial charge in [-0.25, -0.2) is 0 Å². The molecule has 0 saturated heterocycles. The highest BCUT2D eigenvalue weighted by molar-refractivity contribution is 9.13. The highest BCUT2D eigenvalue weighted by Crippen LogP contribution is 2.29. The number of rotatable bonds is 4. The van der Waals surface area contributed by atoms with Crippen molar-refractivity contribution in [3.63, 3.8) is 0 Å². The SMILES string of the molecule is O=C(O)Cc1cc(Br)c(Br)c(CC(=O)O)c1. The van der Waals surface area contributed by atoms with Crippen LogP contribution in [0, 0.1) is 0 Å². The largest absolute Gasteiger partial charge is 0.481 e. The van der Waals surface area contributed by atoms with Gasteiger partial charge in [-0.2, -0.15) is 0 Å². The van der Waals surface area contributed by atoms with Gasteiger partial charge in [-0.1, -0.05) is 6.07 Å². The van der Waals surface area contributed by atoms with Crippen molar-refractivity contribution in [1.29, 1.82) is 0 Å². The Morgan fingerprint density at radius 1 is 1.06 bits per heavy atom. The van der Waals surface area contributed by atoms with Gasteiger partial charge in [0.25, 0.3) is 0 Å². The second kappa shape index (κ2) is 5.45. The second-order valence-electron chi connectivity index (χ2n) is 3.19. The number of carboxylic acid groups (broad SMARTS) is 2. The van der Waals surface area contributed by atoms with E-state index in [4.69, 9.17) is 10.2 Å². The molecule has 0 unspecified atom stereocenters. The van der Waals surface area contributed by atoms with Gasteiger partial charge in [0.05, 0.1) is 12.8 Å². The fourth-order valence-electron chi connectivity index (χ4n) is 1.28. The quantitative estimate of drug-likeness (QED) is 0.873. The Hall–Kier alpha value is -0.880. The summed E-state index contributed by atoms with van der Waals surface area (Å²) in [4.78, 5) is 21.2. The van der Waals surface area contributed by atoms with Crippen LogP contribution in [0.4, 0.5) is 0 Å². The van der Waals surface area contributed by atoms with Crippen molar-refractivity contribution >= 4 is 43.8 Å². The molecule has 0 aliphatic heterocycles. The molecule has 0 saturated carbocycles. The zero-order chi connectivity index (χ0) is 12.3. The average Bonchev–Trinajstić information content (AvgIpc) is 2.11. The highest BCUT2D eigenvalue weighted by atomic mass is 79.9. The number of hydrogen-bond acceptors (Lipinski definition) is 2. The van der Waals surface area contributed by atoms with Gasteiger partial charge in [0, 0.05) is 8.95 Å². The lowest BCUT2D eigenvalue weighted by Gasteiger charge is -2.07. The first-order valence-electron chi connectivity index (χ1n) is 4.30. The number of aliphatic carboxylic acids is 2. The summed E-state index contributed by atoms with van der Waals surface area (Å²) in [6, 6.07) is 3.24. The Labute approximate surface area is 109 Å². The molecule has 0 aliphatic carbocycles. The maximum Gasteiger partial charge on any atom is 0.307 e. The van der Waals surface area contributed by atoms with E-state index < -0.39 is 11.9 Å². The van der Waals surface area contributed by atoms with Gasteiger partial charge in [-0.05, 0) is 49.1 Å². The fourth-order valence-corrected chi connectivity index (χ4v) is 2.19. The van der Waals surface area contributed by atoms with Crippen LogP contribution >= 0.6 is 31.9 Å². The molecule has 0 atom stereocenters. The van der Waals surface area contributed by atoms with Crippen LogP contribution in [-0.2, 0) is 22.4 Å². The lowest BCUT2D eigenvalue weighted by atomic mass is 10.1. The van der Waals surface area contributed by atoms with E-state index in [1.807, 2.05) is 0 Å². The fraction of sp³-hybridized carbons (Fsp3) is 0.200. The molecule has 0 fully saturated rings. The lowest BCUT2D eigenvalue weighted by Crippen LogP contribution is -2.05. The number of carbonyl (C=O) groups is 2. The van der Waals surface area contributed by atoms with Crippen LogP contribution in [0.1, 0.15) is 11.1 Å². The zero-order valence-corrected chi connectivity index (χ0v) is 11.2. The number of benzene rings is 1. The number of hydrogen-bond donors (Lipinski definition) is 2. The molecule has 16 heavy (non-hydrogen) atoms. The van der Waals surface area contributed by atoms with E-state index >= 15 is 0 Å². The summed E-state index contributed by atoms with van der Waals surface area (Å²) in [6.45, 7) is 0. The summed E-state index contributed by atoms with van der Waals surface area (Å²) in [5.41, 5.74) is 1.12. The van der Waals surface area contributed by atoms with Crippen LogP contribution in [0.5, 0.6) is 0 Å². The Kier molecular flexibility index (Phi) is 4.49. The summed E-state index contributed by atoms with van der Waals surface area (Å²) in [5.74, 6) is -1.91. The first kappa shape index (κ1) is 13.2. The van der Waals surface area contributed by atoms with Crippen LogP contribution in [0.25, 0.3) is 0 Å². The highest BCUT2D eigenvalue weighted by Gasteiger charge is 2.11. The molecule has 0 spiro atoms. The summed E-state index contributed by atoms with van der Waals surface area (Å²) in [7, 11) is 0. The normalized spacial score (nSPS) is 10.1. The minimum absolute atomic E-state index is 0.126. The maximum absolute atomic E-state index is 10.6. The molecular formula is C10H8Br2O4. The summed E-state index contributed by atoms with van der Waals surface area (Å²) < 4.78 is 1.30. The van der Waals surface area contributed by atoms with Crippen molar-refractivity contribution in [1.82, 2.24) is 0 Å². The van der Waals surface area contributed by atoms with Crippen LogP contribution in [0.2, 0.25) is 0 Å². The van der Waals surface area contributed by atoms with Gasteiger partial charge in [0.15, 0.2) is 0 Å². The Morgan fingerprint density at radius 2 is 1.62 bits per heavy atom. The van der Waals surface area contributed by atoms with Crippen molar-refractivity contribution in [2.24, 2.45) is 0 Å². The topological polar surface area (TPSA) is 74.6 Å². The smallest absolute Gasteiger partial charge is 0.307 e. The first-order chi connectivity index (χ1) is 7.40. The predicted molar refractivity (Wildman–Crippen MR) is 64.5 cm³/mol. The first-order valence-corrected chi connectivity index (χ1v) is 5.89. The average molecular weight is 352 g/mol. The van der Waals surface area contributed by atoms with Crippen molar-refractivity contribution < 1.29 is 19.8 Å². The summed E-state index contributed by atoms with van der Waals surface area (Å²) >= 11 is 6.50. The molecule has 0 aliphatic rings. The van der Waals surface area contributed by atoms with E-state index in [-0.39, 0.29) is 12.8 Å². The van der Waals surface area contributed by atoms with E-state index in [0.717, 1.165) is 0 Å². The zero-order valence-electron chi connectivity index (χ0n) is 8.04. The predicted octanol–water partition coefficient (Wildman–Crippen LogP) is 2.47. The van der Waals surface area contributed by atoms with E-state index in [9.17, 15) is 9.59 Å². The van der Waals surface area contributed by atoms with E-state index in [1.165, 1.54) is 0 Å². The number of halogens is 2. The minimum Gasteiger partial charge on any atom is -0.481 e. The van der Waals surface area contributed by atoms with Crippen molar-refractivity contribution in [2.45, 2.75) is 12.8 Å².